The molecule has 0 amide bonds. The lowest BCUT2D eigenvalue weighted by molar-refractivity contribution is -0.161. The number of phosphoric acid groups is 2. The second-order valence-corrected chi connectivity index (χ2v) is 30.0. The predicted molar refractivity (Wildman–Crippen MR) is 363 cm³/mol. The fraction of sp³-hybridized carbons (Fsp3) is 0.944. The van der Waals surface area contributed by atoms with Crippen molar-refractivity contribution in [3.05, 3.63) is 0 Å². The monoisotopic (exact) mass is 1320 g/mol. The molecule has 3 N–H and O–H groups in total. The maximum absolute atomic E-state index is 13.0. The summed E-state index contributed by atoms with van der Waals surface area (Å²) in [5.41, 5.74) is 0. The fourth-order valence-electron chi connectivity index (χ4n) is 10.6. The van der Waals surface area contributed by atoms with Crippen LogP contribution in [0.1, 0.15) is 351 Å². The van der Waals surface area contributed by atoms with Crippen LogP contribution in [0.2, 0.25) is 0 Å². The maximum atomic E-state index is 13.0. The molecule has 0 fully saturated rings. The fourth-order valence-corrected chi connectivity index (χ4v) is 12.2. The number of hydrogen-bond acceptors (Lipinski definition) is 15. The van der Waals surface area contributed by atoms with Gasteiger partial charge >= 0.3 is 39.5 Å². The summed E-state index contributed by atoms with van der Waals surface area (Å²) in [7, 11) is -9.90. The molecule has 0 aromatic carbocycles. The van der Waals surface area contributed by atoms with E-state index in [2.05, 4.69) is 55.4 Å². The first-order valence-corrected chi connectivity index (χ1v) is 39.8. The molecule has 0 heterocycles. The summed E-state index contributed by atoms with van der Waals surface area (Å²) in [6, 6.07) is 0. The molecule has 7 atom stereocenters. The van der Waals surface area contributed by atoms with Crippen molar-refractivity contribution >= 4 is 39.5 Å². The van der Waals surface area contributed by atoms with Crippen LogP contribution in [-0.4, -0.2) is 96.7 Å². The van der Waals surface area contributed by atoms with Gasteiger partial charge in [0, 0.05) is 25.7 Å². The molecule has 0 spiro atoms. The number of aliphatic hydroxyl groups excluding tert-OH is 1. The smallest absolute Gasteiger partial charge is 0.462 e. The molecule has 0 saturated heterocycles. The molecule has 4 unspecified atom stereocenters. The van der Waals surface area contributed by atoms with Gasteiger partial charge < -0.3 is 33.8 Å². The lowest BCUT2D eigenvalue weighted by Gasteiger charge is -2.21. The van der Waals surface area contributed by atoms with Crippen molar-refractivity contribution in [2.24, 2.45) is 23.7 Å². The summed E-state index contributed by atoms with van der Waals surface area (Å²) in [4.78, 5) is 72.6. The Labute approximate surface area is 549 Å². The molecule has 0 rings (SSSR count). The zero-order chi connectivity index (χ0) is 66.8. The Hall–Kier alpha value is -1.94. The van der Waals surface area contributed by atoms with Gasteiger partial charge in [-0.05, 0) is 49.4 Å². The van der Waals surface area contributed by atoms with Crippen molar-refractivity contribution in [3.8, 4) is 0 Å². The van der Waals surface area contributed by atoms with E-state index in [0.29, 0.717) is 25.7 Å². The van der Waals surface area contributed by atoms with E-state index in [4.69, 9.17) is 37.0 Å². The zero-order valence-electron chi connectivity index (χ0n) is 58.8. The largest absolute Gasteiger partial charge is 0.472 e. The predicted octanol–water partition coefficient (Wildman–Crippen LogP) is 20.1. The Morgan fingerprint density at radius 2 is 0.533 bits per heavy atom. The number of unbranched alkanes of at least 4 members (excludes halogenated alkanes) is 32. The van der Waals surface area contributed by atoms with Crippen LogP contribution in [0.25, 0.3) is 0 Å². The van der Waals surface area contributed by atoms with E-state index in [0.717, 1.165) is 120 Å². The van der Waals surface area contributed by atoms with E-state index in [1.54, 1.807) is 0 Å². The summed E-state index contributed by atoms with van der Waals surface area (Å²) in [5.74, 6) is 0.904. The Bertz CT molecular complexity index is 1790. The third kappa shape index (κ3) is 62.2. The molecule has 17 nitrogen and oxygen atoms in total. The van der Waals surface area contributed by atoms with E-state index in [-0.39, 0.29) is 25.7 Å². The van der Waals surface area contributed by atoms with Crippen LogP contribution >= 0.6 is 15.6 Å². The number of esters is 4. The highest BCUT2D eigenvalue weighted by Gasteiger charge is 2.30. The van der Waals surface area contributed by atoms with Gasteiger partial charge in [0.05, 0.1) is 26.4 Å². The zero-order valence-corrected chi connectivity index (χ0v) is 60.6. The minimum absolute atomic E-state index is 0.104. The van der Waals surface area contributed by atoms with Gasteiger partial charge in [-0.3, -0.25) is 37.3 Å². The third-order valence-electron chi connectivity index (χ3n) is 17.0. The van der Waals surface area contributed by atoms with E-state index in [9.17, 15) is 43.2 Å². The minimum atomic E-state index is -4.95. The number of ether oxygens (including phenoxy) is 4. The summed E-state index contributed by atoms with van der Waals surface area (Å²) < 4.78 is 68.3. The lowest BCUT2D eigenvalue weighted by Crippen LogP contribution is -2.30. The average Bonchev–Trinajstić information content (AvgIpc) is 3.59. The molecular formula is C71H138O17P2. The van der Waals surface area contributed by atoms with Gasteiger partial charge in [-0.15, -0.1) is 0 Å². The number of rotatable bonds is 68. The van der Waals surface area contributed by atoms with Crippen LogP contribution in [0.5, 0.6) is 0 Å². The highest BCUT2D eigenvalue weighted by molar-refractivity contribution is 7.47. The highest BCUT2D eigenvalue weighted by Crippen LogP contribution is 2.45. The number of carbonyl (C=O) groups is 4. The van der Waals surface area contributed by atoms with Crippen molar-refractivity contribution in [1.82, 2.24) is 0 Å². The van der Waals surface area contributed by atoms with Crippen LogP contribution in [0.15, 0.2) is 0 Å². The molecule has 534 valence electrons. The molecule has 90 heavy (non-hydrogen) atoms. The summed E-state index contributed by atoms with van der Waals surface area (Å²) in [5, 5.41) is 10.6. The van der Waals surface area contributed by atoms with E-state index in [1.165, 1.54) is 148 Å². The number of hydrogen-bond donors (Lipinski definition) is 3. The Morgan fingerprint density at radius 1 is 0.311 bits per heavy atom. The molecule has 0 bridgehead atoms. The van der Waals surface area contributed by atoms with Crippen molar-refractivity contribution in [2.45, 2.75) is 369 Å². The summed E-state index contributed by atoms with van der Waals surface area (Å²) >= 11 is 0. The van der Waals surface area contributed by atoms with Crippen LogP contribution in [-0.2, 0) is 65.4 Å². The van der Waals surface area contributed by atoms with Gasteiger partial charge in [0.25, 0.3) is 0 Å². The quantitative estimate of drug-likeness (QED) is 0.0222. The van der Waals surface area contributed by atoms with E-state index >= 15 is 0 Å². The molecule has 0 aliphatic heterocycles. The molecule has 0 aliphatic rings. The highest BCUT2D eigenvalue weighted by atomic mass is 31.2. The first-order valence-electron chi connectivity index (χ1n) is 36.8. The summed E-state index contributed by atoms with van der Waals surface area (Å²) in [6.07, 6.45) is 43.0. The van der Waals surface area contributed by atoms with E-state index in [1.807, 2.05) is 0 Å². The van der Waals surface area contributed by atoms with Gasteiger partial charge in [0.1, 0.15) is 19.3 Å². The molecule has 0 aliphatic carbocycles. The van der Waals surface area contributed by atoms with Crippen molar-refractivity contribution in [3.63, 3.8) is 0 Å². The first kappa shape index (κ1) is 88.1. The van der Waals surface area contributed by atoms with Crippen molar-refractivity contribution in [2.75, 3.05) is 39.6 Å². The minimum Gasteiger partial charge on any atom is -0.462 e. The van der Waals surface area contributed by atoms with Crippen LogP contribution in [0, 0.1) is 23.7 Å². The van der Waals surface area contributed by atoms with Gasteiger partial charge in [-0.2, -0.15) is 0 Å². The molecule has 0 saturated carbocycles. The van der Waals surface area contributed by atoms with Crippen molar-refractivity contribution in [1.29, 1.82) is 0 Å². The van der Waals surface area contributed by atoms with Crippen LogP contribution < -0.4 is 0 Å². The van der Waals surface area contributed by atoms with Gasteiger partial charge in [-0.1, -0.05) is 299 Å². The molecule has 0 aromatic heterocycles. The van der Waals surface area contributed by atoms with Crippen LogP contribution in [0.3, 0.4) is 0 Å². The van der Waals surface area contributed by atoms with Gasteiger partial charge in [0.2, 0.25) is 0 Å². The molecule has 0 radical (unpaired) electrons. The SMILES string of the molecule is CCC(C)CCCCCCCCCCCCC(=O)O[C@H](COC(=O)CCCCCCCCC(C)CC)COP(=O)(O)OC[C@H](O)COP(=O)(O)OC[C@@H](COC(=O)CCCCCCCCCCCCCCC(C)C)OC(=O)CCCCCCCCCCC(C)C. The Balaban J connectivity index is 5.25. The average molecular weight is 1330 g/mol. The molecule has 19 heteroatoms. The Kier molecular flexibility index (Phi) is 59.4. The summed E-state index contributed by atoms with van der Waals surface area (Å²) in [6.45, 7) is 14.1. The second kappa shape index (κ2) is 60.7. The topological polar surface area (TPSA) is 237 Å². The second-order valence-electron chi connectivity index (χ2n) is 27.1. The molecular weight excluding hydrogens is 1190 g/mol. The Morgan fingerprint density at radius 3 is 0.789 bits per heavy atom. The van der Waals surface area contributed by atoms with E-state index < -0.39 is 97.5 Å². The standard InChI is InChI=1S/C71H138O17P2/c1-9-63(7)49-41-33-25-18-15-16-20-27-37-45-53-70(75)87-67(58-82-69(74)52-44-36-30-29-34-42-50-64(8)10-2)60-86-90(79,80)84-56-65(72)55-83-89(77,78)85-59-66(88-71(76)54-46-38-28-22-21-24-32-40-48-62(5)6)57-81-68(73)51-43-35-26-19-14-12-11-13-17-23-31-39-47-61(3)4/h61-67,72H,9-60H2,1-8H3,(H,77,78)(H,79,80)/t63?,64?,65-,66-,67-/m1/s1. The van der Waals surface area contributed by atoms with Crippen molar-refractivity contribution < 1.29 is 80.2 Å². The number of aliphatic hydroxyl groups is 1. The number of carbonyl (C=O) groups excluding carboxylic acids is 4. The van der Waals surface area contributed by atoms with Crippen LogP contribution in [0.4, 0.5) is 0 Å². The van der Waals surface area contributed by atoms with Gasteiger partial charge in [-0.25, -0.2) is 9.13 Å². The third-order valence-corrected chi connectivity index (χ3v) is 18.9. The number of phosphoric ester groups is 2. The normalized spacial score (nSPS) is 14.9. The van der Waals surface area contributed by atoms with Gasteiger partial charge in [0.15, 0.2) is 12.2 Å². The molecule has 0 aromatic rings. The lowest BCUT2D eigenvalue weighted by atomic mass is 9.99. The first-order chi connectivity index (χ1) is 43.2. The maximum Gasteiger partial charge on any atom is 0.472 e.